The zero-order chi connectivity index (χ0) is 11.1. The van der Waals surface area contributed by atoms with Gasteiger partial charge in [-0.15, -0.1) is 0 Å². The first-order valence-corrected chi connectivity index (χ1v) is 3.81. The van der Waals surface area contributed by atoms with Crippen LogP contribution in [0.25, 0.3) is 0 Å². The third-order valence-electron chi connectivity index (χ3n) is 1.33. The van der Waals surface area contributed by atoms with E-state index in [2.05, 4.69) is 15.4 Å². The zero-order valence-electron chi connectivity index (χ0n) is 7.86. The highest BCUT2D eigenvalue weighted by atomic mass is 16.5. The van der Waals surface area contributed by atoms with Crippen molar-refractivity contribution in [2.75, 3.05) is 13.7 Å². The van der Waals surface area contributed by atoms with Gasteiger partial charge in [0.2, 0.25) is 5.91 Å². The number of carboxylic acid groups (broad SMARTS) is 1. The summed E-state index contributed by atoms with van der Waals surface area (Å²) >= 11 is 0. The monoisotopic (exact) mass is 204 g/mol. The van der Waals surface area contributed by atoms with Crippen molar-refractivity contribution in [1.82, 2.24) is 10.6 Å². The van der Waals surface area contributed by atoms with Crippen molar-refractivity contribution in [1.29, 1.82) is 0 Å². The number of ether oxygens (including phenoxy) is 1. The summed E-state index contributed by atoms with van der Waals surface area (Å²) in [6.07, 6.45) is -0.747. The predicted octanol–water partition coefficient (Wildman–Crippen LogP) is -1.07. The van der Waals surface area contributed by atoms with Crippen LogP contribution >= 0.6 is 0 Å². The van der Waals surface area contributed by atoms with Gasteiger partial charge in [-0.3, -0.25) is 9.59 Å². The fourth-order valence-electron chi connectivity index (χ4n) is 0.579. The summed E-state index contributed by atoms with van der Waals surface area (Å²) in [5, 5.41) is 12.7. The molecule has 80 valence electrons. The summed E-state index contributed by atoms with van der Waals surface area (Å²) in [6, 6.07) is -0.984. The van der Waals surface area contributed by atoms with Crippen LogP contribution in [0.1, 0.15) is 6.92 Å². The van der Waals surface area contributed by atoms with Crippen LogP contribution in [0.5, 0.6) is 0 Å². The summed E-state index contributed by atoms with van der Waals surface area (Å²) in [7, 11) is 1.16. The van der Waals surface area contributed by atoms with Gasteiger partial charge >= 0.3 is 12.1 Å². The van der Waals surface area contributed by atoms with E-state index in [0.29, 0.717) is 0 Å². The standard InChI is InChI=1S/C7H12N2O5/c1-4(6(11)12)9-5(10)3-8-7(13)14-2/h4H,3H2,1-2H3,(H,8,13)(H,9,10)(H,11,12)/t4-/m0/s1. The van der Waals surface area contributed by atoms with E-state index < -0.39 is 24.0 Å². The van der Waals surface area contributed by atoms with E-state index in [4.69, 9.17) is 5.11 Å². The van der Waals surface area contributed by atoms with E-state index in [1.54, 1.807) is 0 Å². The molecule has 0 spiro atoms. The van der Waals surface area contributed by atoms with Gasteiger partial charge in [-0.2, -0.15) is 0 Å². The number of carbonyl (C=O) groups excluding carboxylic acids is 2. The molecule has 0 saturated heterocycles. The fourth-order valence-corrected chi connectivity index (χ4v) is 0.579. The Kier molecular flexibility index (Phi) is 5.05. The summed E-state index contributed by atoms with van der Waals surface area (Å²) in [6.45, 7) is 1.00. The molecule has 7 nitrogen and oxygen atoms in total. The second kappa shape index (κ2) is 5.79. The first-order chi connectivity index (χ1) is 6.47. The van der Waals surface area contributed by atoms with Crippen molar-refractivity contribution in [2.45, 2.75) is 13.0 Å². The normalized spacial score (nSPS) is 11.3. The van der Waals surface area contributed by atoms with Crippen molar-refractivity contribution in [3.8, 4) is 0 Å². The maximum atomic E-state index is 10.9. The molecule has 1 atom stereocenters. The Hall–Kier alpha value is -1.79. The number of rotatable bonds is 4. The number of carbonyl (C=O) groups is 3. The largest absolute Gasteiger partial charge is 0.480 e. The van der Waals surface area contributed by atoms with Crippen LogP contribution in [0.15, 0.2) is 0 Å². The van der Waals surface area contributed by atoms with Crippen molar-refractivity contribution in [2.24, 2.45) is 0 Å². The van der Waals surface area contributed by atoms with E-state index >= 15 is 0 Å². The van der Waals surface area contributed by atoms with Crippen LogP contribution in [0, 0.1) is 0 Å². The lowest BCUT2D eigenvalue weighted by molar-refractivity contribution is -0.141. The van der Waals surface area contributed by atoms with E-state index in [1.807, 2.05) is 0 Å². The molecular formula is C7H12N2O5. The van der Waals surface area contributed by atoms with Crippen LogP contribution in [0.2, 0.25) is 0 Å². The summed E-state index contributed by atoms with van der Waals surface area (Å²) < 4.78 is 4.21. The molecule has 0 aliphatic heterocycles. The van der Waals surface area contributed by atoms with Crippen molar-refractivity contribution in [3.63, 3.8) is 0 Å². The Labute approximate surface area is 80.4 Å². The molecule has 2 amide bonds. The van der Waals surface area contributed by atoms with Gasteiger partial charge in [-0.25, -0.2) is 4.79 Å². The number of nitrogens with one attached hydrogen (secondary N) is 2. The summed E-state index contributed by atoms with van der Waals surface area (Å²) in [5.41, 5.74) is 0. The smallest absolute Gasteiger partial charge is 0.407 e. The molecule has 0 saturated carbocycles. The number of hydrogen-bond acceptors (Lipinski definition) is 4. The number of methoxy groups -OCH3 is 1. The van der Waals surface area contributed by atoms with Crippen molar-refractivity contribution < 1.29 is 24.2 Å². The predicted molar refractivity (Wildman–Crippen MR) is 45.6 cm³/mol. The van der Waals surface area contributed by atoms with Crippen molar-refractivity contribution in [3.05, 3.63) is 0 Å². The Balaban J connectivity index is 3.76. The second-order valence-electron chi connectivity index (χ2n) is 2.47. The molecule has 3 N–H and O–H groups in total. The third-order valence-corrected chi connectivity index (χ3v) is 1.33. The number of aliphatic carboxylic acids is 1. The van der Waals surface area contributed by atoms with Gasteiger partial charge in [-0.05, 0) is 6.92 Å². The van der Waals surface area contributed by atoms with Gasteiger partial charge in [0.05, 0.1) is 7.11 Å². The van der Waals surface area contributed by atoms with Crippen LogP contribution in [-0.2, 0) is 14.3 Å². The Morgan fingerprint density at radius 3 is 2.43 bits per heavy atom. The lowest BCUT2D eigenvalue weighted by atomic mass is 10.3. The topological polar surface area (TPSA) is 105 Å². The van der Waals surface area contributed by atoms with Gasteiger partial charge in [0.25, 0.3) is 0 Å². The zero-order valence-corrected chi connectivity index (χ0v) is 7.86. The maximum absolute atomic E-state index is 10.9. The number of hydrogen-bond donors (Lipinski definition) is 3. The number of alkyl carbamates (subject to hydrolysis) is 1. The Bertz CT molecular complexity index is 240. The van der Waals surface area contributed by atoms with Crippen molar-refractivity contribution >= 4 is 18.0 Å². The van der Waals surface area contributed by atoms with E-state index in [-0.39, 0.29) is 6.54 Å². The van der Waals surface area contributed by atoms with Gasteiger partial charge in [0.1, 0.15) is 12.6 Å². The Morgan fingerprint density at radius 2 is 2.00 bits per heavy atom. The van der Waals surface area contributed by atoms with Gasteiger partial charge in [-0.1, -0.05) is 0 Å². The van der Waals surface area contributed by atoms with Gasteiger partial charge in [0, 0.05) is 0 Å². The molecule has 0 aliphatic rings. The Morgan fingerprint density at radius 1 is 1.43 bits per heavy atom. The number of amides is 2. The molecular weight excluding hydrogens is 192 g/mol. The average molecular weight is 204 g/mol. The minimum Gasteiger partial charge on any atom is -0.480 e. The molecule has 0 unspecified atom stereocenters. The second-order valence-corrected chi connectivity index (χ2v) is 2.47. The maximum Gasteiger partial charge on any atom is 0.407 e. The van der Waals surface area contributed by atoms with E-state index in [0.717, 1.165) is 7.11 Å². The minimum atomic E-state index is -1.14. The first kappa shape index (κ1) is 12.2. The quantitative estimate of drug-likeness (QED) is 0.541. The minimum absolute atomic E-state index is 0.315. The molecule has 0 radical (unpaired) electrons. The van der Waals surface area contributed by atoms with Gasteiger partial charge in [0.15, 0.2) is 0 Å². The van der Waals surface area contributed by atoms with E-state index in [1.165, 1.54) is 6.92 Å². The molecule has 0 bridgehead atoms. The molecule has 0 aromatic carbocycles. The fraction of sp³-hybridized carbons (Fsp3) is 0.571. The number of carboxylic acids is 1. The SMILES string of the molecule is COC(=O)NCC(=O)N[C@@H](C)C(=O)O. The first-order valence-electron chi connectivity index (χ1n) is 3.81. The lowest BCUT2D eigenvalue weighted by Crippen LogP contribution is -2.43. The summed E-state index contributed by atoms with van der Waals surface area (Å²) in [5.74, 6) is -1.73. The average Bonchev–Trinajstić information content (AvgIpc) is 2.13. The van der Waals surface area contributed by atoms with E-state index in [9.17, 15) is 14.4 Å². The van der Waals surface area contributed by atoms with Crippen LogP contribution in [0.3, 0.4) is 0 Å². The molecule has 0 aromatic heterocycles. The highest BCUT2D eigenvalue weighted by molar-refractivity contribution is 5.86. The third kappa shape index (κ3) is 4.96. The van der Waals surface area contributed by atoms with Crippen LogP contribution in [-0.4, -0.2) is 42.8 Å². The molecule has 0 rings (SSSR count). The molecule has 7 heteroatoms. The van der Waals surface area contributed by atoms with Crippen LogP contribution < -0.4 is 10.6 Å². The van der Waals surface area contributed by atoms with Crippen LogP contribution in [0.4, 0.5) is 4.79 Å². The molecule has 0 fully saturated rings. The lowest BCUT2D eigenvalue weighted by Gasteiger charge is -2.09. The molecule has 14 heavy (non-hydrogen) atoms. The highest BCUT2D eigenvalue weighted by Crippen LogP contribution is 1.80. The molecule has 0 aliphatic carbocycles. The summed E-state index contributed by atoms with van der Waals surface area (Å²) in [4.78, 5) is 31.7. The van der Waals surface area contributed by atoms with Gasteiger partial charge < -0.3 is 20.5 Å². The molecule has 0 aromatic rings. The highest BCUT2D eigenvalue weighted by Gasteiger charge is 2.13. The molecule has 0 heterocycles.